The van der Waals surface area contributed by atoms with E-state index in [1.807, 2.05) is 30.3 Å². The summed E-state index contributed by atoms with van der Waals surface area (Å²) < 4.78 is 88.3. The third-order valence-corrected chi connectivity index (χ3v) is 13.7. The van der Waals surface area contributed by atoms with Crippen molar-refractivity contribution in [2.24, 2.45) is 23.7 Å². The maximum absolute atomic E-state index is 15.6. The van der Waals surface area contributed by atoms with E-state index < -0.39 is 98.9 Å². The Balaban J connectivity index is 1.18. The lowest BCUT2D eigenvalue weighted by atomic mass is 9.49. The molecule has 12 nitrogen and oxygen atoms in total. The summed E-state index contributed by atoms with van der Waals surface area (Å²) in [6.07, 6.45) is -8.02. The number of imide groups is 2. The SMILES string of the molecule is CN(c1nc(C(F)(F)F)ccc1Cl)N1C(=O)C2CC=C3C(CC4C(=O)N(Nc5ncc(C(F)(F)F)cc5Cl)C(=O)C4(c4ccc(Cl)cc4)C3c3ccc(OCc4ccccc4)cc3O)C2C1=O. The van der Waals surface area contributed by atoms with E-state index in [9.17, 15) is 41.0 Å². The van der Waals surface area contributed by atoms with Crippen LogP contribution in [0, 0.1) is 23.7 Å². The Labute approximate surface area is 391 Å². The Morgan fingerprint density at radius 1 is 0.851 bits per heavy atom. The van der Waals surface area contributed by atoms with E-state index >= 15 is 9.59 Å². The van der Waals surface area contributed by atoms with E-state index in [4.69, 9.17) is 39.5 Å². The predicted octanol–water partition coefficient (Wildman–Crippen LogP) is 9.80. The molecule has 2 aliphatic carbocycles. The monoisotopic (exact) mass is 984 g/mol. The summed E-state index contributed by atoms with van der Waals surface area (Å²) in [5.41, 5.74) is -0.474. The lowest BCUT2D eigenvalue weighted by Crippen LogP contribution is -2.53. The summed E-state index contributed by atoms with van der Waals surface area (Å²) in [5, 5.41) is 13.5. The van der Waals surface area contributed by atoms with Gasteiger partial charge in [0.05, 0.1) is 38.8 Å². The van der Waals surface area contributed by atoms with Gasteiger partial charge in [-0.3, -0.25) is 29.6 Å². The number of aromatic hydroxyl groups is 1. The van der Waals surface area contributed by atoms with E-state index in [0.717, 1.165) is 23.7 Å². The summed E-state index contributed by atoms with van der Waals surface area (Å²) in [6, 6.07) is 21.7. The van der Waals surface area contributed by atoms with Gasteiger partial charge < -0.3 is 9.84 Å². The number of aromatic nitrogens is 2. The number of phenolic OH excluding ortho intramolecular Hbond substituents is 1. The number of rotatable bonds is 9. The van der Waals surface area contributed by atoms with E-state index in [-0.39, 0.29) is 52.1 Å². The Kier molecular flexibility index (Phi) is 11.4. The first-order chi connectivity index (χ1) is 31.7. The van der Waals surface area contributed by atoms with Gasteiger partial charge in [0.25, 0.3) is 23.6 Å². The van der Waals surface area contributed by atoms with Crippen LogP contribution >= 0.6 is 34.8 Å². The quantitative estimate of drug-likeness (QED) is 0.0832. The average molecular weight is 986 g/mol. The molecule has 2 aliphatic heterocycles. The smallest absolute Gasteiger partial charge is 0.433 e. The fourth-order valence-corrected chi connectivity index (χ4v) is 10.5. The Morgan fingerprint density at radius 3 is 2.22 bits per heavy atom. The van der Waals surface area contributed by atoms with Gasteiger partial charge >= 0.3 is 12.4 Å². The highest BCUT2D eigenvalue weighted by Crippen LogP contribution is 2.65. The minimum absolute atomic E-state index is 0.0980. The number of amides is 4. The number of anilines is 2. The van der Waals surface area contributed by atoms with Crippen molar-refractivity contribution in [2.45, 2.75) is 43.1 Å². The van der Waals surface area contributed by atoms with Gasteiger partial charge in [-0.25, -0.2) is 9.97 Å². The molecule has 6 atom stereocenters. The number of carbonyl (C=O) groups is 4. The van der Waals surface area contributed by atoms with Gasteiger partial charge in [-0.05, 0) is 66.3 Å². The number of fused-ring (bicyclic) bond motifs is 4. The first-order valence-corrected chi connectivity index (χ1v) is 21.5. The summed E-state index contributed by atoms with van der Waals surface area (Å²) in [4.78, 5) is 67.2. The molecule has 2 N–H and O–H groups in total. The number of allylic oxidation sites excluding steroid dienone is 2. The molecule has 3 aromatic carbocycles. The van der Waals surface area contributed by atoms with Gasteiger partial charge in [0.2, 0.25) is 0 Å². The third kappa shape index (κ3) is 7.68. The van der Waals surface area contributed by atoms with Crippen molar-refractivity contribution in [1.29, 1.82) is 0 Å². The molecular weight excluding hydrogens is 953 g/mol. The lowest BCUT2D eigenvalue weighted by Gasteiger charge is -2.50. The lowest BCUT2D eigenvalue weighted by molar-refractivity contribution is -0.142. The maximum atomic E-state index is 15.6. The van der Waals surface area contributed by atoms with Gasteiger partial charge in [-0.1, -0.05) is 95.0 Å². The number of ether oxygens (including phenoxy) is 1. The zero-order chi connectivity index (χ0) is 47.9. The molecule has 3 fully saturated rings. The Bertz CT molecular complexity index is 2890. The van der Waals surface area contributed by atoms with E-state index in [0.29, 0.717) is 33.9 Å². The topological polar surface area (TPSA) is 145 Å². The Hall–Kier alpha value is -6.37. The molecule has 346 valence electrons. The first-order valence-electron chi connectivity index (χ1n) is 20.4. The number of halogens is 9. The third-order valence-electron chi connectivity index (χ3n) is 12.8. The number of carbonyl (C=O) groups excluding carboxylic acids is 4. The van der Waals surface area contributed by atoms with Crippen molar-refractivity contribution < 1.29 is 55.4 Å². The number of alkyl halides is 6. The number of hydrogen-bond donors (Lipinski definition) is 2. The summed E-state index contributed by atoms with van der Waals surface area (Å²) in [5.74, 6) is -10.8. The second-order valence-electron chi connectivity index (χ2n) is 16.4. The van der Waals surface area contributed by atoms with Crippen LogP contribution in [-0.4, -0.2) is 55.8 Å². The van der Waals surface area contributed by atoms with Gasteiger partial charge in [0, 0.05) is 35.8 Å². The first kappa shape index (κ1) is 45.8. The zero-order valence-corrected chi connectivity index (χ0v) is 36.7. The normalized spacial score (nSPS) is 23.7. The molecule has 4 heterocycles. The molecule has 0 radical (unpaired) electrons. The van der Waals surface area contributed by atoms with Crippen LogP contribution < -0.4 is 15.2 Å². The van der Waals surface area contributed by atoms with Crippen molar-refractivity contribution in [3.05, 3.63) is 152 Å². The average Bonchev–Trinajstić information content (AvgIpc) is 3.66. The number of nitrogens with one attached hydrogen (secondary N) is 1. The van der Waals surface area contributed by atoms with E-state index in [2.05, 4.69) is 15.4 Å². The zero-order valence-electron chi connectivity index (χ0n) is 34.4. The molecule has 0 bridgehead atoms. The highest BCUT2D eigenvalue weighted by atomic mass is 35.5. The van der Waals surface area contributed by atoms with Crippen LogP contribution in [0.4, 0.5) is 38.0 Å². The van der Waals surface area contributed by atoms with Crippen molar-refractivity contribution in [2.75, 3.05) is 17.5 Å². The van der Waals surface area contributed by atoms with Crippen LogP contribution in [0.1, 0.15) is 46.7 Å². The summed E-state index contributed by atoms with van der Waals surface area (Å²) >= 11 is 19.0. The minimum Gasteiger partial charge on any atom is -0.508 e. The maximum Gasteiger partial charge on any atom is 0.433 e. The molecule has 2 aromatic heterocycles. The van der Waals surface area contributed by atoms with Gasteiger partial charge in [0.1, 0.15) is 23.8 Å². The van der Waals surface area contributed by atoms with Crippen molar-refractivity contribution in [3.8, 4) is 11.5 Å². The molecule has 67 heavy (non-hydrogen) atoms. The number of phenols is 1. The summed E-state index contributed by atoms with van der Waals surface area (Å²) in [7, 11) is 1.16. The molecule has 21 heteroatoms. The molecule has 2 saturated heterocycles. The molecule has 4 amide bonds. The number of pyridine rings is 2. The standard InChI is InChI=1S/C46H33Cl3F6N6O6/c1-59(39-32(48)15-16-35(57-39)46(53,54)55)61-40(63)29-14-13-27-30(36(29)42(61)65)19-31-41(64)60(58-38-33(49)17-24(20-56-38)45(50,51)52)43(66)44(31,23-7-9-25(47)10-8-23)37(27)28-12-11-26(18-34(28)62)67-21-22-5-3-2-4-6-22/h2-13,15-18,20,29-31,36-37,62H,14,19,21H2,1H3,(H,56,58). The van der Waals surface area contributed by atoms with Crippen molar-refractivity contribution in [1.82, 2.24) is 20.0 Å². The van der Waals surface area contributed by atoms with E-state index in [1.165, 1.54) is 36.4 Å². The minimum atomic E-state index is -4.90. The largest absolute Gasteiger partial charge is 0.508 e. The van der Waals surface area contributed by atoms with Crippen molar-refractivity contribution >= 4 is 70.1 Å². The van der Waals surface area contributed by atoms with Crippen molar-refractivity contribution in [3.63, 3.8) is 0 Å². The molecular formula is C46H33Cl3F6N6O6. The van der Waals surface area contributed by atoms with Gasteiger partial charge in [0.15, 0.2) is 11.6 Å². The van der Waals surface area contributed by atoms with Crippen LogP contribution in [-0.2, 0) is 43.6 Å². The van der Waals surface area contributed by atoms with E-state index in [1.54, 1.807) is 12.1 Å². The number of hydrogen-bond acceptors (Lipinski definition) is 10. The predicted molar refractivity (Wildman–Crippen MR) is 230 cm³/mol. The van der Waals surface area contributed by atoms with Gasteiger partial charge in [-0.15, -0.1) is 0 Å². The second kappa shape index (κ2) is 16.7. The number of hydrazine groups is 2. The fraction of sp³-hybridized carbons (Fsp3) is 0.261. The molecule has 6 unspecified atom stereocenters. The van der Waals surface area contributed by atoms with Gasteiger partial charge in [-0.2, -0.15) is 36.4 Å². The van der Waals surface area contributed by atoms with Crippen LogP contribution in [0.5, 0.6) is 11.5 Å². The molecule has 5 aromatic rings. The van der Waals surface area contributed by atoms with Crippen LogP contribution in [0.2, 0.25) is 15.1 Å². The molecule has 9 rings (SSSR count). The summed E-state index contributed by atoms with van der Waals surface area (Å²) in [6.45, 7) is 0.118. The van der Waals surface area contributed by atoms with Crippen LogP contribution in [0.3, 0.4) is 0 Å². The Morgan fingerprint density at radius 2 is 1.57 bits per heavy atom. The fourth-order valence-electron chi connectivity index (χ4n) is 9.92. The van der Waals surface area contributed by atoms with Crippen LogP contribution in [0.15, 0.2) is 109 Å². The highest BCUT2D eigenvalue weighted by Gasteiger charge is 2.71. The molecule has 0 spiro atoms. The highest BCUT2D eigenvalue weighted by molar-refractivity contribution is 6.33. The molecule has 4 aliphatic rings. The number of benzene rings is 3. The molecule has 1 saturated carbocycles. The number of nitrogens with zero attached hydrogens (tertiary/aromatic N) is 5. The van der Waals surface area contributed by atoms with Crippen LogP contribution in [0.25, 0.3) is 0 Å². The second-order valence-corrected chi connectivity index (χ2v) is 17.7.